The van der Waals surface area contributed by atoms with Crippen LogP contribution in [0, 0.1) is 5.92 Å². The van der Waals surface area contributed by atoms with Gasteiger partial charge in [0, 0.05) is 25.1 Å². The SMILES string of the molecule is CC1(O)CCOCC1C1CCCN1S(=O)(=O)CCc1ccccc1. The predicted molar refractivity (Wildman–Crippen MR) is 93.2 cm³/mol. The zero-order valence-electron chi connectivity index (χ0n) is 14.2. The Morgan fingerprint density at radius 2 is 2.08 bits per heavy atom. The largest absolute Gasteiger partial charge is 0.390 e. The van der Waals surface area contributed by atoms with E-state index in [0.717, 1.165) is 18.4 Å². The van der Waals surface area contributed by atoms with Crippen LogP contribution < -0.4 is 0 Å². The number of hydrogen-bond donors (Lipinski definition) is 1. The van der Waals surface area contributed by atoms with Crippen molar-refractivity contribution in [3.63, 3.8) is 0 Å². The molecule has 0 spiro atoms. The zero-order valence-corrected chi connectivity index (χ0v) is 15.0. The number of aryl methyl sites for hydroxylation is 1. The van der Waals surface area contributed by atoms with Gasteiger partial charge in [-0.15, -0.1) is 0 Å². The maximum Gasteiger partial charge on any atom is 0.214 e. The lowest BCUT2D eigenvalue weighted by Gasteiger charge is -2.42. The lowest BCUT2D eigenvalue weighted by molar-refractivity contribution is -0.116. The number of nitrogens with zero attached hydrogens (tertiary/aromatic N) is 1. The van der Waals surface area contributed by atoms with Gasteiger partial charge in [0.1, 0.15) is 0 Å². The summed E-state index contributed by atoms with van der Waals surface area (Å²) in [6.07, 6.45) is 2.73. The average molecular weight is 353 g/mol. The van der Waals surface area contributed by atoms with Crippen LogP contribution in [0.4, 0.5) is 0 Å². The van der Waals surface area contributed by atoms with Gasteiger partial charge in [0.05, 0.1) is 18.0 Å². The minimum atomic E-state index is -3.34. The van der Waals surface area contributed by atoms with Gasteiger partial charge in [-0.1, -0.05) is 30.3 Å². The van der Waals surface area contributed by atoms with Crippen molar-refractivity contribution < 1.29 is 18.3 Å². The highest BCUT2D eigenvalue weighted by molar-refractivity contribution is 7.89. The molecule has 5 nitrogen and oxygen atoms in total. The minimum Gasteiger partial charge on any atom is -0.390 e. The highest BCUT2D eigenvalue weighted by Gasteiger charge is 2.47. The van der Waals surface area contributed by atoms with Crippen LogP contribution in [0.2, 0.25) is 0 Å². The van der Waals surface area contributed by atoms with E-state index in [0.29, 0.717) is 32.6 Å². The van der Waals surface area contributed by atoms with Crippen molar-refractivity contribution in [2.24, 2.45) is 5.92 Å². The van der Waals surface area contributed by atoms with E-state index in [1.54, 1.807) is 4.31 Å². The summed E-state index contributed by atoms with van der Waals surface area (Å²) in [5.41, 5.74) is 0.172. The molecule has 0 aliphatic carbocycles. The lowest BCUT2D eigenvalue weighted by atomic mass is 9.80. The second-order valence-corrected chi connectivity index (χ2v) is 9.20. The van der Waals surface area contributed by atoms with Crippen LogP contribution in [-0.4, -0.2) is 55.0 Å². The minimum absolute atomic E-state index is 0.114. The summed E-state index contributed by atoms with van der Waals surface area (Å²) in [6.45, 7) is 3.33. The fourth-order valence-corrected chi connectivity index (χ4v) is 5.70. The summed E-state index contributed by atoms with van der Waals surface area (Å²) in [4.78, 5) is 0. The molecule has 2 saturated heterocycles. The van der Waals surface area contributed by atoms with Crippen molar-refractivity contribution in [3.8, 4) is 0 Å². The molecule has 1 N–H and O–H groups in total. The van der Waals surface area contributed by atoms with Crippen molar-refractivity contribution >= 4 is 10.0 Å². The maximum absolute atomic E-state index is 12.9. The van der Waals surface area contributed by atoms with E-state index in [2.05, 4.69) is 0 Å². The first-order valence-electron chi connectivity index (χ1n) is 8.74. The molecule has 0 aromatic heterocycles. The van der Waals surface area contributed by atoms with Crippen LogP contribution in [0.15, 0.2) is 30.3 Å². The molecular formula is C18H27NO4S. The Kier molecular flexibility index (Phi) is 5.30. The first-order valence-corrected chi connectivity index (χ1v) is 10.3. The molecule has 1 aromatic rings. The summed E-state index contributed by atoms with van der Waals surface area (Å²) in [7, 11) is -3.34. The molecule has 0 bridgehead atoms. The maximum atomic E-state index is 12.9. The molecule has 2 aliphatic heterocycles. The highest BCUT2D eigenvalue weighted by Crippen LogP contribution is 2.37. The van der Waals surface area contributed by atoms with Gasteiger partial charge in [0.25, 0.3) is 0 Å². The van der Waals surface area contributed by atoms with E-state index in [-0.39, 0.29) is 17.7 Å². The topological polar surface area (TPSA) is 66.8 Å². The Hall–Kier alpha value is -0.950. The normalized spacial score (nSPS) is 32.1. The van der Waals surface area contributed by atoms with Crippen molar-refractivity contribution in [1.29, 1.82) is 0 Å². The third-order valence-electron chi connectivity index (χ3n) is 5.41. The van der Waals surface area contributed by atoms with Crippen molar-refractivity contribution in [1.82, 2.24) is 4.31 Å². The van der Waals surface area contributed by atoms with Crippen molar-refractivity contribution in [2.45, 2.75) is 44.2 Å². The number of ether oxygens (including phenoxy) is 1. The zero-order chi connectivity index (χ0) is 17.2. The summed E-state index contributed by atoms with van der Waals surface area (Å²) in [6, 6.07) is 9.54. The number of aliphatic hydroxyl groups is 1. The molecule has 2 fully saturated rings. The summed E-state index contributed by atoms with van der Waals surface area (Å²) in [5, 5.41) is 10.7. The molecule has 0 radical (unpaired) electrons. The van der Waals surface area contributed by atoms with Crippen LogP contribution in [0.25, 0.3) is 0 Å². The van der Waals surface area contributed by atoms with Crippen LogP contribution >= 0.6 is 0 Å². The van der Waals surface area contributed by atoms with E-state index in [1.807, 2.05) is 37.3 Å². The molecule has 0 saturated carbocycles. The molecule has 1 aromatic carbocycles. The molecule has 24 heavy (non-hydrogen) atoms. The lowest BCUT2D eigenvalue weighted by Crippen LogP contribution is -2.53. The monoisotopic (exact) mass is 353 g/mol. The number of hydrogen-bond acceptors (Lipinski definition) is 4. The van der Waals surface area contributed by atoms with E-state index in [4.69, 9.17) is 4.74 Å². The molecule has 3 unspecified atom stereocenters. The Balaban J connectivity index is 1.71. The second kappa shape index (κ2) is 7.12. The average Bonchev–Trinajstić information content (AvgIpc) is 3.04. The Morgan fingerprint density at radius 1 is 1.33 bits per heavy atom. The summed E-state index contributed by atoms with van der Waals surface area (Å²) >= 11 is 0. The van der Waals surface area contributed by atoms with Gasteiger partial charge in [0.2, 0.25) is 10.0 Å². The molecule has 2 heterocycles. The van der Waals surface area contributed by atoms with Crippen LogP contribution in [0.3, 0.4) is 0 Å². The number of sulfonamides is 1. The highest BCUT2D eigenvalue weighted by atomic mass is 32.2. The van der Waals surface area contributed by atoms with E-state index < -0.39 is 15.6 Å². The third-order valence-corrected chi connectivity index (χ3v) is 7.30. The molecule has 3 atom stereocenters. The Morgan fingerprint density at radius 3 is 2.79 bits per heavy atom. The van der Waals surface area contributed by atoms with Crippen molar-refractivity contribution in [2.75, 3.05) is 25.5 Å². The van der Waals surface area contributed by atoms with E-state index in [9.17, 15) is 13.5 Å². The quantitative estimate of drug-likeness (QED) is 0.877. The second-order valence-electron chi connectivity index (χ2n) is 7.16. The number of benzene rings is 1. The van der Waals surface area contributed by atoms with Crippen molar-refractivity contribution in [3.05, 3.63) is 35.9 Å². The Bertz CT molecular complexity index is 644. The van der Waals surface area contributed by atoms with E-state index >= 15 is 0 Å². The third kappa shape index (κ3) is 3.82. The van der Waals surface area contributed by atoms with Gasteiger partial charge in [-0.2, -0.15) is 4.31 Å². The molecule has 3 rings (SSSR count). The molecule has 6 heteroatoms. The summed E-state index contributed by atoms with van der Waals surface area (Å²) in [5.74, 6) is -0.0382. The van der Waals surface area contributed by atoms with Gasteiger partial charge in [-0.3, -0.25) is 0 Å². The van der Waals surface area contributed by atoms with Crippen LogP contribution in [-0.2, 0) is 21.2 Å². The molecule has 134 valence electrons. The molecular weight excluding hydrogens is 326 g/mol. The molecule has 2 aliphatic rings. The van der Waals surface area contributed by atoms with E-state index in [1.165, 1.54) is 0 Å². The van der Waals surface area contributed by atoms with Crippen LogP contribution in [0.5, 0.6) is 0 Å². The van der Waals surface area contributed by atoms with Gasteiger partial charge in [0.15, 0.2) is 0 Å². The van der Waals surface area contributed by atoms with Crippen LogP contribution in [0.1, 0.15) is 31.7 Å². The molecule has 0 amide bonds. The van der Waals surface area contributed by atoms with Gasteiger partial charge < -0.3 is 9.84 Å². The van der Waals surface area contributed by atoms with Gasteiger partial charge >= 0.3 is 0 Å². The van der Waals surface area contributed by atoms with Gasteiger partial charge in [-0.25, -0.2) is 8.42 Å². The predicted octanol–water partition coefficient (Wildman–Crippen LogP) is 1.81. The fraction of sp³-hybridized carbons (Fsp3) is 0.667. The Labute approximate surface area is 144 Å². The first kappa shape index (κ1) is 17.9. The standard InChI is InChI=1S/C18H27NO4S/c1-18(20)10-12-23-14-16(18)17-8-5-11-19(17)24(21,22)13-9-15-6-3-2-4-7-15/h2-4,6-7,16-17,20H,5,8-14H2,1H3. The fourth-order valence-electron chi connectivity index (χ4n) is 3.90. The number of rotatable bonds is 5. The summed E-state index contributed by atoms with van der Waals surface area (Å²) < 4.78 is 32.9. The first-order chi connectivity index (χ1) is 11.4. The smallest absolute Gasteiger partial charge is 0.214 e. The van der Waals surface area contributed by atoms with Gasteiger partial charge in [-0.05, 0) is 38.2 Å².